The molecule has 0 radical (unpaired) electrons. The van der Waals surface area contributed by atoms with E-state index in [0.29, 0.717) is 19.6 Å². The molecule has 0 saturated carbocycles. The molecule has 1 atom stereocenters. The standard InChI is InChI=1S/C12H20BrN3O/c1-12(17,9-16(2)3)8-15-6-10-4-11(13)7-14-5-10/h4-5,7,15,17H,6,8-9H2,1-3H3. The molecule has 17 heavy (non-hydrogen) atoms. The van der Waals surface area contributed by atoms with Gasteiger partial charge in [0.15, 0.2) is 0 Å². The molecule has 5 heteroatoms. The lowest BCUT2D eigenvalue weighted by Crippen LogP contribution is -2.45. The number of hydrogen-bond acceptors (Lipinski definition) is 4. The second-order valence-electron chi connectivity index (χ2n) is 4.85. The fourth-order valence-corrected chi connectivity index (χ4v) is 2.18. The van der Waals surface area contributed by atoms with Gasteiger partial charge in [-0.25, -0.2) is 0 Å². The van der Waals surface area contributed by atoms with E-state index in [9.17, 15) is 5.11 Å². The molecule has 0 aliphatic rings. The fourth-order valence-electron chi connectivity index (χ4n) is 1.77. The Morgan fingerprint density at radius 2 is 2.18 bits per heavy atom. The molecule has 1 heterocycles. The molecule has 0 saturated heterocycles. The number of likely N-dealkylation sites (N-methyl/N-ethyl adjacent to an activating group) is 1. The van der Waals surface area contributed by atoms with Gasteiger partial charge < -0.3 is 15.3 Å². The lowest BCUT2D eigenvalue weighted by molar-refractivity contribution is 0.0336. The van der Waals surface area contributed by atoms with Crippen molar-refractivity contribution in [2.75, 3.05) is 27.2 Å². The summed E-state index contributed by atoms with van der Waals surface area (Å²) in [5.41, 5.74) is 0.378. The summed E-state index contributed by atoms with van der Waals surface area (Å²) in [6.07, 6.45) is 3.57. The first kappa shape index (κ1) is 14.6. The highest BCUT2D eigenvalue weighted by Gasteiger charge is 2.20. The Balaban J connectivity index is 2.37. The topological polar surface area (TPSA) is 48.4 Å². The van der Waals surface area contributed by atoms with Crippen LogP contribution in [0.1, 0.15) is 12.5 Å². The Kier molecular flexibility index (Phi) is 5.52. The van der Waals surface area contributed by atoms with Crippen molar-refractivity contribution < 1.29 is 5.11 Å². The minimum atomic E-state index is -0.719. The van der Waals surface area contributed by atoms with Gasteiger partial charge in [-0.1, -0.05) is 0 Å². The largest absolute Gasteiger partial charge is 0.388 e. The van der Waals surface area contributed by atoms with Gasteiger partial charge >= 0.3 is 0 Å². The third kappa shape index (κ3) is 6.12. The predicted molar refractivity (Wildman–Crippen MR) is 72.8 cm³/mol. The van der Waals surface area contributed by atoms with Gasteiger partial charge in [-0.05, 0) is 48.6 Å². The van der Waals surface area contributed by atoms with Gasteiger partial charge in [0, 0.05) is 36.5 Å². The monoisotopic (exact) mass is 301 g/mol. The maximum atomic E-state index is 10.1. The second kappa shape index (κ2) is 6.44. The van der Waals surface area contributed by atoms with E-state index < -0.39 is 5.60 Å². The van der Waals surface area contributed by atoms with E-state index in [0.717, 1.165) is 10.0 Å². The highest BCUT2D eigenvalue weighted by molar-refractivity contribution is 9.10. The van der Waals surface area contributed by atoms with Crippen LogP contribution in [-0.2, 0) is 6.54 Å². The molecule has 0 fully saturated rings. The Morgan fingerprint density at radius 1 is 1.47 bits per heavy atom. The Morgan fingerprint density at radius 3 is 2.76 bits per heavy atom. The summed E-state index contributed by atoms with van der Waals surface area (Å²) < 4.78 is 0.969. The zero-order valence-electron chi connectivity index (χ0n) is 10.6. The quantitative estimate of drug-likeness (QED) is 0.830. The van der Waals surface area contributed by atoms with Crippen molar-refractivity contribution >= 4 is 15.9 Å². The van der Waals surface area contributed by atoms with Crippen LogP contribution in [0.3, 0.4) is 0 Å². The van der Waals surface area contributed by atoms with Gasteiger partial charge in [-0.3, -0.25) is 4.98 Å². The highest BCUT2D eigenvalue weighted by Crippen LogP contribution is 2.09. The molecule has 0 aliphatic heterocycles. The molecular weight excluding hydrogens is 282 g/mol. The first-order valence-corrected chi connectivity index (χ1v) is 6.36. The average molecular weight is 302 g/mol. The molecular formula is C12H20BrN3O. The predicted octanol–water partition coefficient (Wildman–Crippen LogP) is 1.25. The number of hydrogen-bond donors (Lipinski definition) is 2. The van der Waals surface area contributed by atoms with Crippen molar-refractivity contribution in [3.63, 3.8) is 0 Å². The maximum absolute atomic E-state index is 10.1. The second-order valence-corrected chi connectivity index (χ2v) is 5.77. The number of pyridine rings is 1. The molecule has 1 unspecified atom stereocenters. The van der Waals surface area contributed by atoms with Crippen LogP contribution >= 0.6 is 15.9 Å². The minimum absolute atomic E-state index is 0.553. The van der Waals surface area contributed by atoms with Crippen molar-refractivity contribution in [3.8, 4) is 0 Å². The van der Waals surface area contributed by atoms with Crippen LogP contribution in [0.2, 0.25) is 0 Å². The van der Waals surface area contributed by atoms with E-state index >= 15 is 0 Å². The van der Waals surface area contributed by atoms with Crippen LogP contribution in [0.4, 0.5) is 0 Å². The molecule has 0 aromatic carbocycles. The summed E-state index contributed by atoms with van der Waals surface area (Å²) in [5.74, 6) is 0. The number of nitrogens with one attached hydrogen (secondary N) is 1. The number of nitrogens with zero attached hydrogens (tertiary/aromatic N) is 2. The van der Waals surface area contributed by atoms with E-state index in [1.165, 1.54) is 0 Å². The van der Waals surface area contributed by atoms with E-state index in [2.05, 4.69) is 26.2 Å². The molecule has 4 nitrogen and oxygen atoms in total. The van der Waals surface area contributed by atoms with E-state index in [1.54, 1.807) is 6.20 Å². The molecule has 0 amide bonds. The van der Waals surface area contributed by atoms with Crippen LogP contribution in [0.15, 0.2) is 22.9 Å². The SMILES string of the molecule is CN(C)CC(C)(O)CNCc1cncc(Br)c1. The van der Waals surface area contributed by atoms with Crippen LogP contribution in [-0.4, -0.2) is 47.8 Å². The van der Waals surface area contributed by atoms with Gasteiger partial charge in [-0.2, -0.15) is 0 Å². The summed E-state index contributed by atoms with van der Waals surface area (Å²) in [5, 5.41) is 13.3. The molecule has 1 aromatic heterocycles. The summed E-state index contributed by atoms with van der Waals surface area (Å²) in [4.78, 5) is 6.06. The van der Waals surface area contributed by atoms with E-state index in [-0.39, 0.29) is 0 Å². The number of aromatic nitrogens is 1. The molecule has 1 rings (SSSR count). The zero-order chi connectivity index (χ0) is 12.9. The Hall–Kier alpha value is -0.490. The first-order chi connectivity index (χ1) is 7.89. The lowest BCUT2D eigenvalue weighted by Gasteiger charge is -2.27. The van der Waals surface area contributed by atoms with Gasteiger partial charge in [0.05, 0.1) is 5.60 Å². The third-order valence-corrected chi connectivity index (χ3v) is 2.69. The molecule has 1 aromatic rings. The lowest BCUT2D eigenvalue weighted by atomic mass is 10.1. The normalized spacial score (nSPS) is 14.9. The number of halogens is 1. The summed E-state index contributed by atoms with van der Waals surface area (Å²) in [7, 11) is 3.90. The average Bonchev–Trinajstić information content (AvgIpc) is 2.15. The van der Waals surface area contributed by atoms with Crippen LogP contribution in [0.5, 0.6) is 0 Å². The molecule has 2 N–H and O–H groups in total. The van der Waals surface area contributed by atoms with Crippen molar-refractivity contribution in [1.29, 1.82) is 0 Å². The van der Waals surface area contributed by atoms with Crippen LogP contribution in [0, 0.1) is 0 Å². The number of aliphatic hydroxyl groups is 1. The molecule has 0 spiro atoms. The Labute approximate surface area is 111 Å². The highest BCUT2D eigenvalue weighted by atomic mass is 79.9. The maximum Gasteiger partial charge on any atom is 0.0869 e. The van der Waals surface area contributed by atoms with Crippen molar-refractivity contribution in [1.82, 2.24) is 15.2 Å². The summed E-state index contributed by atoms with van der Waals surface area (Å²) in [6, 6.07) is 2.01. The Bertz CT molecular complexity index is 355. The smallest absolute Gasteiger partial charge is 0.0869 e. The van der Waals surface area contributed by atoms with Gasteiger partial charge in [0.2, 0.25) is 0 Å². The fraction of sp³-hybridized carbons (Fsp3) is 0.583. The zero-order valence-corrected chi connectivity index (χ0v) is 12.2. The van der Waals surface area contributed by atoms with Gasteiger partial charge in [-0.15, -0.1) is 0 Å². The minimum Gasteiger partial charge on any atom is -0.388 e. The van der Waals surface area contributed by atoms with Crippen molar-refractivity contribution in [2.45, 2.75) is 19.1 Å². The van der Waals surface area contributed by atoms with Crippen molar-refractivity contribution in [2.24, 2.45) is 0 Å². The van der Waals surface area contributed by atoms with E-state index in [1.807, 2.05) is 38.2 Å². The molecule has 96 valence electrons. The molecule has 0 bridgehead atoms. The third-order valence-electron chi connectivity index (χ3n) is 2.25. The van der Waals surface area contributed by atoms with Gasteiger partial charge in [0.1, 0.15) is 0 Å². The van der Waals surface area contributed by atoms with E-state index in [4.69, 9.17) is 0 Å². The first-order valence-electron chi connectivity index (χ1n) is 5.56. The van der Waals surface area contributed by atoms with Crippen molar-refractivity contribution in [3.05, 3.63) is 28.5 Å². The van der Waals surface area contributed by atoms with Crippen LogP contribution in [0.25, 0.3) is 0 Å². The summed E-state index contributed by atoms with van der Waals surface area (Å²) in [6.45, 7) is 3.73. The van der Waals surface area contributed by atoms with Crippen LogP contribution < -0.4 is 5.32 Å². The number of rotatable bonds is 6. The summed E-state index contributed by atoms with van der Waals surface area (Å²) >= 11 is 3.38. The molecule has 0 aliphatic carbocycles. The van der Waals surface area contributed by atoms with Gasteiger partial charge in [0.25, 0.3) is 0 Å².